The van der Waals surface area contributed by atoms with E-state index in [2.05, 4.69) is 5.32 Å². The van der Waals surface area contributed by atoms with Crippen LogP contribution in [-0.4, -0.2) is 44.2 Å². The van der Waals surface area contributed by atoms with Gasteiger partial charge in [-0.15, -0.1) is 0 Å². The van der Waals surface area contributed by atoms with Gasteiger partial charge >= 0.3 is 0 Å². The maximum atomic E-state index is 11.1. The average Bonchev–Trinajstić information content (AvgIpc) is 2.29. The first-order valence-corrected chi connectivity index (χ1v) is 6.41. The molecule has 0 saturated carbocycles. The van der Waals surface area contributed by atoms with E-state index in [0.29, 0.717) is 24.6 Å². The zero-order chi connectivity index (χ0) is 9.90. The van der Waals surface area contributed by atoms with Crippen LogP contribution in [0.15, 0.2) is 0 Å². The van der Waals surface area contributed by atoms with Gasteiger partial charge < -0.3 is 10.4 Å². The lowest BCUT2D eigenvalue weighted by Crippen LogP contribution is -2.29. The second-order valence-corrected chi connectivity index (χ2v) is 6.01. The number of nitrogens with one attached hydrogen (secondary N) is 1. The number of hydrogen-bond acceptors (Lipinski definition) is 4. The highest BCUT2D eigenvalue weighted by molar-refractivity contribution is 7.91. The molecule has 1 rings (SSSR count). The van der Waals surface area contributed by atoms with E-state index >= 15 is 0 Å². The highest BCUT2D eigenvalue weighted by Gasteiger charge is 2.27. The van der Waals surface area contributed by atoms with Crippen LogP contribution in [0.1, 0.15) is 13.3 Å². The topological polar surface area (TPSA) is 66.4 Å². The van der Waals surface area contributed by atoms with Gasteiger partial charge in [-0.1, -0.05) is 0 Å². The summed E-state index contributed by atoms with van der Waals surface area (Å²) < 4.78 is 22.1. The average molecular weight is 207 g/mol. The van der Waals surface area contributed by atoms with Crippen molar-refractivity contribution in [3.05, 3.63) is 0 Å². The van der Waals surface area contributed by atoms with E-state index in [4.69, 9.17) is 5.11 Å². The van der Waals surface area contributed by atoms with Gasteiger partial charge in [0, 0.05) is 6.54 Å². The van der Waals surface area contributed by atoms with Crippen LogP contribution < -0.4 is 5.32 Å². The molecule has 1 aliphatic rings. The summed E-state index contributed by atoms with van der Waals surface area (Å²) in [5.41, 5.74) is 0. The largest absolute Gasteiger partial charge is 0.392 e. The van der Waals surface area contributed by atoms with Gasteiger partial charge in [0.1, 0.15) is 0 Å². The van der Waals surface area contributed by atoms with Crippen LogP contribution >= 0.6 is 0 Å². The molecule has 1 saturated heterocycles. The monoisotopic (exact) mass is 207 g/mol. The second-order valence-electron chi connectivity index (χ2n) is 3.78. The Morgan fingerprint density at radius 1 is 1.62 bits per heavy atom. The van der Waals surface area contributed by atoms with Gasteiger partial charge in [-0.05, 0) is 25.8 Å². The van der Waals surface area contributed by atoms with Crippen molar-refractivity contribution < 1.29 is 13.5 Å². The molecule has 0 aromatic rings. The Balaban J connectivity index is 2.18. The minimum Gasteiger partial charge on any atom is -0.392 e. The third-order valence-corrected chi connectivity index (χ3v) is 4.04. The number of hydrogen-bond donors (Lipinski definition) is 2. The molecule has 0 aromatic heterocycles. The van der Waals surface area contributed by atoms with Crippen LogP contribution in [0.2, 0.25) is 0 Å². The van der Waals surface area contributed by atoms with Gasteiger partial charge in [0.15, 0.2) is 9.84 Å². The SMILES string of the molecule is C[C@@H](O)CNCC1CCS(=O)(=O)C1. The maximum absolute atomic E-state index is 11.1. The summed E-state index contributed by atoms with van der Waals surface area (Å²) >= 11 is 0. The lowest BCUT2D eigenvalue weighted by Gasteiger charge is -2.10. The van der Waals surface area contributed by atoms with Gasteiger partial charge in [0.05, 0.1) is 17.6 Å². The van der Waals surface area contributed by atoms with E-state index in [0.717, 1.165) is 6.42 Å². The molecular weight excluding hydrogens is 190 g/mol. The summed E-state index contributed by atoms with van der Waals surface area (Å²) in [5, 5.41) is 12.0. The Kier molecular flexibility index (Phi) is 3.70. The molecule has 0 aliphatic carbocycles. The van der Waals surface area contributed by atoms with Crippen LogP contribution in [0.3, 0.4) is 0 Å². The number of aliphatic hydroxyl groups excluding tert-OH is 1. The van der Waals surface area contributed by atoms with Crippen molar-refractivity contribution in [3.8, 4) is 0 Å². The first-order valence-electron chi connectivity index (χ1n) is 4.59. The summed E-state index contributed by atoms with van der Waals surface area (Å²) in [4.78, 5) is 0. The van der Waals surface area contributed by atoms with Crippen molar-refractivity contribution in [2.24, 2.45) is 5.92 Å². The van der Waals surface area contributed by atoms with E-state index in [9.17, 15) is 8.42 Å². The molecule has 0 amide bonds. The highest BCUT2D eigenvalue weighted by atomic mass is 32.2. The first kappa shape index (κ1) is 10.9. The fourth-order valence-corrected chi connectivity index (χ4v) is 3.39. The predicted molar refractivity (Wildman–Crippen MR) is 51.3 cm³/mol. The predicted octanol–water partition coefficient (Wildman–Crippen LogP) is -0.608. The Hall–Kier alpha value is -0.130. The summed E-state index contributed by atoms with van der Waals surface area (Å²) in [5.74, 6) is 0.872. The molecule has 2 atom stereocenters. The minimum absolute atomic E-state index is 0.240. The van der Waals surface area contributed by atoms with Gasteiger partial charge in [-0.2, -0.15) is 0 Å². The Morgan fingerprint density at radius 3 is 2.77 bits per heavy atom. The van der Waals surface area contributed by atoms with Crippen LogP contribution in [0.25, 0.3) is 0 Å². The third kappa shape index (κ3) is 4.06. The normalized spacial score (nSPS) is 28.9. The van der Waals surface area contributed by atoms with Crippen molar-refractivity contribution in [1.82, 2.24) is 5.32 Å². The molecule has 0 aromatic carbocycles. The van der Waals surface area contributed by atoms with Gasteiger partial charge in [-0.3, -0.25) is 0 Å². The molecule has 0 bridgehead atoms. The Bertz CT molecular complexity index is 248. The molecule has 1 aliphatic heterocycles. The Labute approximate surface area is 79.3 Å². The van der Waals surface area contributed by atoms with Crippen LogP contribution in [-0.2, 0) is 9.84 Å². The van der Waals surface area contributed by atoms with Gasteiger partial charge in [0.2, 0.25) is 0 Å². The highest BCUT2D eigenvalue weighted by Crippen LogP contribution is 2.17. The van der Waals surface area contributed by atoms with Crippen molar-refractivity contribution in [1.29, 1.82) is 0 Å². The molecule has 0 radical (unpaired) electrons. The summed E-state index contributed by atoms with van der Waals surface area (Å²) in [6.07, 6.45) is 0.396. The lowest BCUT2D eigenvalue weighted by molar-refractivity contribution is 0.189. The molecule has 13 heavy (non-hydrogen) atoms. The number of sulfone groups is 1. The maximum Gasteiger partial charge on any atom is 0.150 e. The van der Waals surface area contributed by atoms with Gasteiger partial charge in [-0.25, -0.2) is 8.42 Å². The minimum atomic E-state index is -2.75. The molecule has 5 heteroatoms. The Morgan fingerprint density at radius 2 is 2.31 bits per heavy atom. The summed E-state index contributed by atoms with van der Waals surface area (Å²) in [7, 11) is -2.75. The number of rotatable bonds is 4. The zero-order valence-electron chi connectivity index (χ0n) is 7.86. The molecule has 1 unspecified atom stereocenters. The number of aliphatic hydroxyl groups is 1. The van der Waals surface area contributed by atoms with Crippen LogP contribution in [0.5, 0.6) is 0 Å². The second kappa shape index (κ2) is 4.39. The first-order chi connectivity index (χ1) is 5.99. The molecule has 1 fully saturated rings. The van der Waals surface area contributed by atoms with Crippen molar-refractivity contribution in [3.63, 3.8) is 0 Å². The fourth-order valence-electron chi connectivity index (χ4n) is 1.53. The van der Waals surface area contributed by atoms with E-state index < -0.39 is 9.84 Å². The molecule has 1 heterocycles. The molecular formula is C8H17NO3S. The third-order valence-electron chi connectivity index (χ3n) is 2.20. The molecule has 2 N–H and O–H groups in total. The zero-order valence-corrected chi connectivity index (χ0v) is 8.68. The van der Waals surface area contributed by atoms with Crippen LogP contribution in [0.4, 0.5) is 0 Å². The summed E-state index contributed by atoms with van der Waals surface area (Å²) in [6, 6.07) is 0. The molecule has 78 valence electrons. The van der Waals surface area contributed by atoms with Crippen molar-refractivity contribution >= 4 is 9.84 Å². The van der Waals surface area contributed by atoms with Crippen LogP contribution in [0, 0.1) is 5.92 Å². The smallest absolute Gasteiger partial charge is 0.150 e. The van der Waals surface area contributed by atoms with E-state index in [1.165, 1.54) is 0 Å². The van der Waals surface area contributed by atoms with Crippen molar-refractivity contribution in [2.75, 3.05) is 24.6 Å². The van der Waals surface area contributed by atoms with Gasteiger partial charge in [0.25, 0.3) is 0 Å². The lowest BCUT2D eigenvalue weighted by atomic mass is 10.1. The standard InChI is InChI=1S/C8H17NO3S/c1-7(10)4-9-5-8-2-3-13(11,12)6-8/h7-10H,2-6H2,1H3/t7-,8?/m1/s1. The van der Waals surface area contributed by atoms with E-state index in [-0.39, 0.29) is 12.0 Å². The van der Waals surface area contributed by atoms with Crippen molar-refractivity contribution in [2.45, 2.75) is 19.4 Å². The molecule has 4 nitrogen and oxygen atoms in total. The van der Waals surface area contributed by atoms with E-state index in [1.807, 2.05) is 0 Å². The fraction of sp³-hybridized carbons (Fsp3) is 1.00. The molecule has 0 spiro atoms. The summed E-state index contributed by atoms with van der Waals surface area (Å²) in [6.45, 7) is 2.94. The van der Waals surface area contributed by atoms with E-state index in [1.54, 1.807) is 6.92 Å². The quantitative estimate of drug-likeness (QED) is 0.645.